The van der Waals surface area contributed by atoms with E-state index >= 15 is 0 Å². The zero-order valence-corrected chi connectivity index (χ0v) is 13.1. The molecule has 0 spiro atoms. The number of H-pyrrole nitrogens is 1. The van der Waals surface area contributed by atoms with Crippen LogP contribution in [0.2, 0.25) is 0 Å². The van der Waals surface area contributed by atoms with Crippen molar-refractivity contribution in [3.8, 4) is 0 Å². The minimum absolute atomic E-state index is 0.109. The summed E-state index contributed by atoms with van der Waals surface area (Å²) in [5.41, 5.74) is 0.711. The lowest BCUT2D eigenvalue weighted by Crippen LogP contribution is -2.17. The van der Waals surface area contributed by atoms with E-state index in [2.05, 4.69) is 9.97 Å². The number of furan rings is 1. The second-order valence-corrected chi connectivity index (χ2v) is 6.14. The van der Waals surface area contributed by atoms with Gasteiger partial charge in [-0.15, -0.1) is 11.3 Å². The van der Waals surface area contributed by atoms with Crippen LogP contribution in [0.15, 0.2) is 27.6 Å². The summed E-state index contributed by atoms with van der Waals surface area (Å²) in [6.07, 6.45) is 0.711. The zero-order chi connectivity index (χ0) is 15.9. The molecule has 0 fully saturated rings. The Morgan fingerprint density at radius 3 is 2.91 bits per heavy atom. The van der Waals surface area contributed by atoms with E-state index in [1.807, 2.05) is 13.8 Å². The molecule has 0 aliphatic heterocycles. The van der Waals surface area contributed by atoms with Gasteiger partial charge >= 0.3 is 5.97 Å². The van der Waals surface area contributed by atoms with E-state index < -0.39 is 12.1 Å². The van der Waals surface area contributed by atoms with Gasteiger partial charge in [0.25, 0.3) is 5.56 Å². The van der Waals surface area contributed by atoms with Crippen LogP contribution in [0.5, 0.6) is 0 Å². The predicted octanol–water partition coefficient (Wildman–Crippen LogP) is 3.11. The van der Waals surface area contributed by atoms with Gasteiger partial charge in [0, 0.05) is 4.88 Å². The van der Waals surface area contributed by atoms with E-state index in [-0.39, 0.29) is 11.3 Å². The van der Waals surface area contributed by atoms with Gasteiger partial charge in [-0.2, -0.15) is 0 Å². The van der Waals surface area contributed by atoms with Crippen LogP contribution in [-0.4, -0.2) is 15.9 Å². The third kappa shape index (κ3) is 2.43. The third-order valence-corrected chi connectivity index (χ3v) is 4.55. The number of carbonyl (C=O) groups excluding carboxylic acids is 1. The van der Waals surface area contributed by atoms with Crippen molar-refractivity contribution >= 4 is 27.5 Å². The van der Waals surface area contributed by atoms with Crippen LogP contribution in [0, 0.1) is 13.8 Å². The van der Waals surface area contributed by atoms with Crippen LogP contribution < -0.4 is 5.56 Å². The molecule has 3 aromatic heterocycles. The second kappa shape index (κ2) is 5.42. The Kier molecular flexibility index (Phi) is 3.58. The number of thiophene rings is 1. The average molecular weight is 318 g/mol. The minimum atomic E-state index is -0.683. The third-order valence-electron chi connectivity index (χ3n) is 3.45. The number of esters is 1. The van der Waals surface area contributed by atoms with E-state index in [1.165, 1.54) is 23.7 Å². The van der Waals surface area contributed by atoms with Gasteiger partial charge < -0.3 is 14.1 Å². The molecule has 3 rings (SSSR count). The fraction of sp³-hybridized carbons (Fsp3) is 0.267. The van der Waals surface area contributed by atoms with Crippen LogP contribution in [0.1, 0.15) is 39.8 Å². The van der Waals surface area contributed by atoms with Crippen molar-refractivity contribution in [1.82, 2.24) is 9.97 Å². The van der Waals surface area contributed by atoms with Gasteiger partial charge in [-0.05, 0) is 38.5 Å². The van der Waals surface area contributed by atoms with E-state index in [0.29, 0.717) is 16.0 Å². The van der Waals surface area contributed by atoms with E-state index in [0.717, 1.165) is 10.4 Å². The number of hydrogen-bond donors (Lipinski definition) is 1. The second-order valence-electron chi connectivity index (χ2n) is 4.94. The molecule has 3 heterocycles. The van der Waals surface area contributed by atoms with Gasteiger partial charge in [0.15, 0.2) is 11.9 Å². The molecule has 1 N–H and O–H groups in total. The van der Waals surface area contributed by atoms with E-state index in [9.17, 15) is 9.59 Å². The van der Waals surface area contributed by atoms with Gasteiger partial charge in [0.2, 0.25) is 5.76 Å². The normalized spacial score (nSPS) is 12.5. The first kappa shape index (κ1) is 14.5. The molecule has 114 valence electrons. The van der Waals surface area contributed by atoms with Gasteiger partial charge in [-0.1, -0.05) is 0 Å². The molecule has 0 amide bonds. The Morgan fingerprint density at radius 2 is 2.23 bits per heavy atom. The summed E-state index contributed by atoms with van der Waals surface area (Å²) in [6.45, 7) is 5.49. The van der Waals surface area contributed by atoms with Crippen molar-refractivity contribution in [1.29, 1.82) is 0 Å². The molecule has 0 saturated carbocycles. The number of hydrogen-bond acceptors (Lipinski definition) is 6. The first-order chi connectivity index (χ1) is 10.5. The van der Waals surface area contributed by atoms with Crippen LogP contribution in [0.4, 0.5) is 0 Å². The molecule has 1 unspecified atom stereocenters. The Labute approximate surface area is 129 Å². The number of nitrogens with zero attached hydrogens (tertiary/aromatic N) is 1. The first-order valence-corrected chi connectivity index (χ1v) is 7.53. The summed E-state index contributed by atoms with van der Waals surface area (Å²) in [6, 6.07) is 3.12. The highest BCUT2D eigenvalue weighted by atomic mass is 32.1. The SMILES string of the molecule is Cc1sc2nc(C(C)OC(=O)c3ccco3)[nH]c(=O)c2c1C. The van der Waals surface area contributed by atoms with Gasteiger partial charge in [0.05, 0.1) is 11.6 Å². The van der Waals surface area contributed by atoms with Crippen LogP contribution in [0.25, 0.3) is 10.2 Å². The molecule has 1 atom stereocenters. The topological polar surface area (TPSA) is 85.2 Å². The summed E-state index contributed by atoms with van der Waals surface area (Å²) >= 11 is 1.45. The minimum Gasteiger partial charge on any atom is -0.457 e. The summed E-state index contributed by atoms with van der Waals surface area (Å²) < 4.78 is 10.2. The number of aryl methyl sites for hydroxylation is 2. The highest BCUT2D eigenvalue weighted by molar-refractivity contribution is 7.18. The molecule has 7 heteroatoms. The summed E-state index contributed by atoms with van der Waals surface area (Å²) in [5.74, 6) is -0.171. The number of fused-ring (bicyclic) bond motifs is 1. The molecule has 6 nitrogen and oxygen atoms in total. The maximum absolute atomic E-state index is 12.2. The Morgan fingerprint density at radius 1 is 1.45 bits per heavy atom. The molecule has 22 heavy (non-hydrogen) atoms. The molecular formula is C15H14N2O4S. The smallest absolute Gasteiger partial charge is 0.374 e. The lowest BCUT2D eigenvalue weighted by atomic mass is 10.2. The van der Waals surface area contributed by atoms with Gasteiger partial charge in [-0.25, -0.2) is 9.78 Å². The van der Waals surface area contributed by atoms with Crippen molar-refractivity contribution in [3.05, 3.63) is 50.8 Å². The quantitative estimate of drug-likeness (QED) is 0.750. The largest absolute Gasteiger partial charge is 0.457 e. The number of nitrogens with one attached hydrogen (secondary N) is 1. The lowest BCUT2D eigenvalue weighted by molar-refractivity contribution is 0.0284. The number of carbonyl (C=O) groups is 1. The maximum atomic E-state index is 12.2. The number of rotatable bonds is 3. The van der Waals surface area contributed by atoms with Gasteiger partial charge in [-0.3, -0.25) is 4.79 Å². The number of ether oxygens (including phenoxy) is 1. The van der Waals surface area contributed by atoms with Crippen molar-refractivity contribution < 1.29 is 13.9 Å². The molecule has 0 aliphatic carbocycles. The predicted molar refractivity (Wildman–Crippen MR) is 82.3 cm³/mol. The van der Waals surface area contributed by atoms with Crippen LogP contribution >= 0.6 is 11.3 Å². The summed E-state index contributed by atoms with van der Waals surface area (Å²) in [7, 11) is 0. The Bertz CT molecular complexity index is 892. The van der Waals surface area contributed by atoms with Crippen LogP contribution in [-0.2, 0) is 4.74 Å². The van der Waals surface area contributed by atoms with Gasteiger partial charge in [0.1, 0.15) is 4.83 Å². The van der Waals surface area contributed by atoms with Crippen molar-refractivity contribution in [3.63, 3.8) is 0 Å². The molecule has 3 aromatic rings. The van der Waals surface area contributed by atoms with Crippen molar-refractivity contribution in [2.75, 3.05) is 0 Å². The molecule has 0 aromatic carbocycles. The molecule has 0 aliphatic rings. The fourth-order valence-corrected chi connectivity index (χ4v) is 3.17. The zero-order valence-electron chi connectivity index (χ0n) is 12.3. The fourth-order valence-electron chi connectivity index (χ4n) is 2.13. The first-order valence-electron chi connectivity index (χ1n) is 6.71. The lowest BCUT2D eigenvalue weighted by Gasteiger charge is -2.11. The highest BCUT2D eigenvalue weighted by Crippen LogP contribution is 2.27. The van der Waals surface area contributed by atoms with Crippen molar-refractivity contribution in [2.45, 2.75) is 26.9 Å². The highest BCUT2D eigenvalue weighted by Gasteiger charge is 2.20. The Balaban J connectivity index is 1.93. The van der Waals surface area contributed by atoms with Crippen LogP contribution in [0.3, 0.4) is 0 Å². The number of aromatic nitrogens is 2. The molecule has 0 bridgehead atoms. The standard InChI is InChI=1S/C15H14N2O4S/c1-7-9(3)22-14-11(7)13(18)16-12(17-14)8(2)21-15(19)10-5-4-6-20-10/h4-6,8H,1-3H3,(H,16,17,18). The average Bonchev–Trinajstić information content (AvgIpc) is 3.08. The molecule has 0 saturated heterocycles. The van der Waals surface area contributed by atoms with E-state index in [4.69, 9.17) is 9.15 Å². The molecular weight excluding hydrogens is 304 g/mol. The van der Waals surface area contributed by atoms with E-state index in [1.54, 1.807) is 13.0 Å². The number of aromatic amines is 1. The monoisotopic (exact) mass is 318 g/mol. The summed E-state index contributed by atoms with van der Waals surface area (Å²) in [5, 5.41) is 0.593. The van der Waals surface area contributed by atoms with Crippen molar-refractivity contribution in [2.24, 2.45) is 0 Å². The Hall–Kier alpha value is -2.41. The summed E-state index contributed by atoms with van der Waals surface area (Å²) in [4.78, 5) is 32.9. The maximum Gasteiger partial charge on any atom is 0.374 e. The molecule has 0 radical (unpaired) electrons.